The number of aromatic nitrogens is 1. The number of carbonyl (C=O) groups excluding carboxylic acids is 4. The van der Waals surface area contributed by atoms with E-state index < -0.39 is 42.0 Å². The van der Waals surface area contributed by atoms with E-state index in [1.807, 2.05) is 0 Å². The maximum absolute atomic E-state index is 13.2. The Bertz CT molecular complexity index is 1140. The Labute approximate surface area is 227 Å². The van der Waals surface area contributed by atoms with E-state index in [9.17, 15) is 29.4 Å². The second-order valence-electron chi connectivity index (χ2n) is 10.1. The van der Waals surface area contributed by atoms with Crippen LogP contribution in [0.25, 0.3) is 0 Å². The highest BCUT2D eigenvalue weighted by Gasteiger charge is 2.39. The highest BCUT2D eigenvalue weighted by Crippen LogP contribution is 2.25. The highest BCUT2D eigenvalue weighted by atomic mass is 16.5. The van der Waals surface area contributed by atoms with Gasteiger partial charge in [-0.3, -0.25) is 14.4 Å². The molecule has 0 spiro atoms. The van der Waals surface area contributed by atoms with Gasteiger partial charge >= 0.3 is 5.97 Å². The fourth-order valence-electron chi connectivity index (χ4n) is 4.65. The van der Waals surface area contributed by atoms with E-state index in [0.717, 1.165) is 6.26 Å². The minimum atomic E-state index is -1.02. The van der Waals surface area contributed by atoms with Crippen LogP contribution < -0.4 is 5.32 Å². The van der Waals surface area contributed by atoms with E-state index in [0.29, 0.717) is 25.0 Å². The number of cyclic esters (lactones) is 1. The molecule has 2 aliphatic rings. The molecule has 0 saturated carbocycles. The molecule has 11 nitrogen and oxygen atoms in total. The van der Waals surface area contributed by atoms with Crippen molar-refractivity contribution in [1.29, 1.82) is 0 Å². The van der Waals surface area contributed by atoms with Crippen LogP contribution in [-0.2, 0) is 25.5 Å². The first kappa shape index (κ1) is 30.0. The Morgan fingerprint density at radius 3 is 2.74 bits per heavy atom. The number of nitrogens with zero attached hydrogens (tertiary/aromatic N) is 2. The van der Waals surface area contributed by atoms with E-state index in [4.69, 9.17) is 9.15 Å². The minimum Gasteiger partial charge on any atom is -0.460 e. The van der Waals surface area contributed by atoms with Gasteiger partial charge in [-0.15, -0.1) is 0 Å². The predicted octanol–water partition coefficient (Wildman–Crippen LogP) is 1.51. The summed E-state index contributed by atoms with van der Waals surface area (Å²) in [6.45, 7) is 5.61. The zero-order valence-corrected chi connectivity index (χ0v) is 22.5. The number of Topliss-reactive ketones (excluding diaryl/α,β-unsaturated/α-hetero) is 1. The molecule has 1 aromatic rings. The van der Waals surface area contributed by atoms with Gasteiger partial charge in [0.05, 0.1) is 12.5 Å². The number of fused-ring (bicyclic) bond motifs is 3. The molecule has 2 amide bonds. The fourth-order valence-corrected chi connectivity index (χ4v) is 4.65. The van der Waals surface area contributed by atoms with E-state index in [-0.39, 0.29) is 49.3 Å². The normalized spacial score (nSPS) is 30.0. The molecule has 0 radical (unpaired) electrons. The largest absolute Gasteiger partial charge is 0.460 e. The van der Waals surface area contributed by atoms with Crippen LogP contribution >= 0.6 is 0 Å². The number of nitrogens with one attached hydrogen (secondary N) is 1. The van der Waals surface area contributed by atoms with Gasteiger partial charge in [0, 0.05) is 38.0 Å². The van der Waals surface area contributed by atoms with Gasteiger partial charge < -0.3 is 29.6 Å². The predicted molar refractivity (Wildman–Crippen MR) is 140 cm³/mol. The van der Waals surface area contributed by atoms with Crippen molar-refractivity contribution in [3.05, 3.63) is 53.8 Å². The molecule has 5 atom stereocenters. The standard InChI is InChI=1S/C28H37N3O8/c1-17-6-4-10-29-24(35)9-8-18(2)26(19(3)15-32)39-28(37)23-7-5-11-31(23)27(36)22-16-38-25(30-22)14-21(34)13-20(33)12-17/h4,6,8-9,12,16,18-20,23,26,32-33H,5,7,10-11,13-15H2,1-3H3,(H,29,35)/b6-4+,9-8+,17-12+/t18-,19-,20-,23-,26+/m1/s1. The van der Waals surface area contributed by atoms with Gasteiger partial charge in [0.1, 0.15) is 24.2 Å². The molecule has 1 fully saturated rings. The van der Waals surface area contributed by atoms with Crippen LogP contribution in [0.5, 0.6) is 0 Å². The summed E-state index contributed by atoms with van der Waals surface area (Å²) in [5.41, 5.74) is 0.679. The lowest BCUT2D eigenvalue weighted by molar-refractivity contribution is -0.159. The highest BCUT2D eigenvalue weighted by molar-refractivity contribution is 5.95. The van der Waals surface area contributed by atoms with Gasteiger partial charge in [-0.2, -0.15) is 0 Å². The second-order valence-corrected chi connectivity index (χ2v) is 10.1. The van der Waals surface area contributed by atoms with Crippen LogP contribution in [0.2, 0.25) is 0 Å². The Morgan fingerprint density at radius 1 is 1.23 bits per heavy atom. The number of allylic oxidation sites excluding steroid dienone is 2. The van der Waals surface area contributed by atoms with E-state index in [1.54, 1.807) is 39.0 Å². The van der Waals surface area contributed by atoms with Crippen molar-refractivity contribution < 1.29 is 38.5 Å². The summed E-state index contributed by atoms with van der Waals surface area (Å²) in [7, 11) is 0. The van der Waals surface area contributed by atoms with Gasteiger partial charge in [0.15, 0.2) is 5.69 Å². The molecule has 11 heteroatoms. The maximum atomic E-state index is 13.2. The second kappa shape index (κ2) is 14.0. The number of hydrogen-bond donors (Lipinski definition) is 3. The number of rotatable bonds is 2. The average molecular weight is 544 g/mol. The SMILES string of the molecule is CC1=C\[C@@H](O)CC(=O)Cc2nc(co2)C(=O)N2CCC[C@@H]2C(=O)O[C@H]([C@H](C)CO)[C@H](C)/C=C/C(=O)NC\C=C\1. The number of amides is 2. The number of ketones is 1. The van der Waals surface area contributed by atoms with Gasteiger partial charge in [-0.1, -0.05) is 43.7 Å². The molecule has 0 aliphatic carbocycles. The quantitative estimate of drug-likeness (QED) is 0.470. The van der Waals surface area contributed by atoms with Gasteiger partial charge in [0.25, 0.3) is 5.91 Å². The summed E-state index contributed by atoms with van der Waals surface area (Å²) in [5.74, 6) is -2.56. The lowest BCUT2D eigenvalue weighted by Crippen LogP contribution is -2.44. The molecular formula is C28H37N3O8. The molecule has 1 saturated heterocycles. The first-order chi connectivity index (χ1) is 18.6. The minimum absolute atomic E-state index is 0.0279. The third-order valence-corrected chi connectivity index (χ3v) is 6.74. The summed E-state index contributed by atoms with van der Waals surface area (Å²) in [4.78, 5) is 56.6. The molecule has 2 bridgehead atoms. The number of oxazole rings is 1. The lowest BCUT2D eigenvalue weighted by Gasteiger charge is -2.30. The average Bonchev–Trinajstić information content (AvgIpc) is 3.57. The number of aliphatic hydroxyl groups excluding tert-OH is 2. The lowest BCUT2D eigenvalue weighted by atomic mass is 9.93. The van der Waals surface area contributed by atoms with E-state index in [2.05, 4.69) is 10.3 Å². The number of ether oxygens (including phenoxy) is 1. The molecule has 2 aliphatic heterocycles. The molecule has 212 valence electrons. The number of aliphatic hydroxyl groups is 2. The number of esters is 1. The number of carbonyl (C=O) groups is 4. The summed E-state index contributed by atoms with van der Waals surface area (Å²) in [5, 5.41) is 22.7. The van der Waals surface area contributed by atoms with Crippen LogP contribution in [0.1, 0.15) is 56.4 Å². The van der Waals surface area contributed by atoms with Crippen molar-refractivity contribution in [2.75, 3.05) is 19.7 Å². The zero-order chi connectivity index (χ0) is 28.5. The van der Waals surface area contributed by atoms with Crippen molar-refractivity contribution in [2.45, 2.75) is 64.7 Å². The van der Waals surface area contributed by atoms with Crippen LogP contribution in [0.15, 0.2) is 46.6 Å². The van der Waals surface area contributed by atoms with E-state index in [1.165, 1.54) is 17.1 Å². The topological polar surface area (TPSA) is 159 Å². The summed E-state index contributed by atoms with van der Waals surface area (Å²) in [6, 6.07) is -0.842. The summed E-state index contributed by atoms with van der Waals surface area (Å²) >= 11 is 0. The molecule has 3 heterocycles. The summed E-state index contributed by atoms with van der Waals surface area (Å²) < 4.78 is 11.1. The van der Waals surface area contributed by atoms with Crippen molar-refractivity contribution >= 4 is 23.6 Å². The van der Waals surface area contributed by atoms with Crippen molar-refractivity contribution in [1.82, 2.24) is 15.2 Å². The zero-order valence-electron chi connectivity index (χ0n) is 22.5. The summed E-state index contributed by atoms with van der Waals surface area (Å²) in [6.07, 6.45) is 7.96. The molecule has 39 heavy (non-hydrogen) atoms. The van der Waals surface area contributed by atoms with Crippen LogP contribution in [-0.4, -0.2) is 81.6 Å². The third-order valence-electron chi connectivity index (χ3n) is 6.74. The van der Waals surface area contributed by atoms with Crippen LogP contribution in [0.3, 0.4) is 0 Å². The fraction of sp³-hybridized carbons (Fsp3) is 0.536. The molecule has 1 aromatic heterocycles. The smallest absolute Gasteiger partial charge is 0.329 e. The van der Waals surface area contributed by atoms with Gasteiger partial charge in [0.2, 0.25) is 11.8 Å². The maximum Gasteiger partial charge on any atom is 0.329 e. The van der Waals surface area contributed by atoms with Crippen LogP contribution in [0, 0.1) is 11.8 Å². The van der Waals surface area contributed by atoms with Crippen molar-refractivity contribution in [3.8, 4) is 0 Å². The van der Waals surface area contributed by atoms with Gasteiger partial charge in [-0.05, 0) is 25.8 Å². The Kier molecular flexibility index (Phi) is 10.8. The first-order valence-electron chi connectivity index (χ1n) is 13.2. The molecule has 3 rings (SSSR count). The first-order valence-corrected chi connectivity index (χ1v) is 13.2. The van der Waals surface area contributed by atoms with Crippen molar-refractivity contribution in [2.24, 2.45) is 11.8 Å². The molecule has 0 aromatic carbocycles. The number of hydrogen-bond acceptors (Lipinski definition) is 9. The Hall–Kier alpha value is -3.57. The monoisotopic (exact) mass is 543 g/mol. The van der Waals surface area contributed by atoms with Gasteiger partial charge in [-0.25, -0.2) is 9.78 Å². The third kappa shape index (κ3) is 8.46. The molecule has 0 unspecified atom stereocenters. The molecular weight excluding hydrogens is 506 g/mol. The van der Waals surface area contributed by atoms with Crippen molar-refractivity contribution in [3.63, 3.8) is 0 Å². The Balaban J connectivity index is 1.87. The van der Waals surface area contributed by atoms with Crippen LogP contribution in [0.4, 0.5) is 0 Å². The van der Waals surface area contributed by atoms with E-state index >= 15 is 0 Å². The Morgan fingerprint density at radius 2 is 2.00 bits per heavy atom. The molecule has 3 N–H and O–H groups in total.